The minimum Gasteiger partial charge on any atom is -0.481 e. The monoisotopic (exact) mass is 313 g/mol. The Balaban J connectivity index is 2.58. The van der Waals surface area contributed by atoms with Crippen LogP contribution in [-0.2, 0) is 9.59 Å². The number of carboxylic acid groups (broad SMARTS) is 1. The SMILES string of the molecule is O=C(O)C[C@H](NC(=O)CSC(F)(F)F)c1cccs1. The van der Waals surface area contributed by atoms with E-state index in [1.165, 1.54) is 11.3 Å². The van der Waals surface area contributed by atoms with Gasteiger partial charge in [-0.05, 0) is 23.2 Å². The summed E-state index contributed by atoms with van der Waals surface area (Å²) in [7, 11) is 0. The molecular weight excluding hydrogens is 303 g/mol. The van der Waals surface area contributed by atoms with Crippen LogP contribution in [0.5, 0.6) is 0 Å². The van der Waals surface area contributed by atoms with Gasteiger partial charge in [-0.3, -0.25) is 9.59 Å². The molecule has 0 saturated carbocycles. The lowest BCUT2D eigenvalue weighted by atomic mass is 10.1. The Hall–Kier alpha value is -1.22. The molecule has 1 atom stereocenters. The summed E-state index contributed by atoms with van der Waals surface area (Å²) < 4.78 is 35.8. The van der Waals surface area contributed by atoms with Gasteiger partial charge in [0.15, 0.2) is 0 Å². The number of hydrogen-bond acceptors (Lipinski definition) is 4. The first kappa shape index (κ1) is 15.8. The van der Waals surface area contributed by atoms with Crippen LogP contribution >= 0.6 is 23.1 Å². The van der Waals surface area contributed by atoms with Gasteiger partial charge >= 0.3 is 11.5 Å². The van der Waals surface area contributed by atoms with Gasteiger partial charge in [-0.1, -0.05) is 6.07 Å². The van der Waals surface area contributed by atoms with E-state index in [0.29, 0.717) is 4.88 Å². The van der Waals surface area contributed by atoms with Crippen molar-refractivity contribution in [3.63, 3.8) is 0 Å². The van der Waals surface area contributed by atoms with Gasteiger partial charge < -0.3 is 10.4 Å². The highest BCUT2D eigenvalue weighted by Crippen LogP contribution is 2.30. The summed E-state index contributed by atoms with van der Waals surface area (Å²) >= 11 is 0.775. The van der Waals surface area contributed by atoms with Crippen molar-refractivity contribution in [3.8, 4) is 0 Å². The molecule has 1 heterocycles. The summed E-state index contributed by atoms with van der Waals surface area (Å²) in [6, 6.07) is 2.49. The Bertz CT molecular complexity index is 434. The summed E-state index contributed by atoms with van der Waals surface area (Å²) in [4.78, 5) is 22.6. The molecule has 0 saturated heterocycles. The molecule has 0 bridgehead atoms. The Morgan fingerprint density at radius 2 is 2.16 bits per heavy atom. The van der Waals surface area contributed by atoms with Crippen LogP contribution < -0.4 is 5.32 Å². The van der Waals surface area contributed by atoms with E-state index in [0.717, 1.165) is 0 Å². The number of halogens is 3. The summed E-state index contributed by atoms with van der Waals surface area (Å²) in [6.45, 7) is 0. The molecule has 106 valence electrons. The number of thiophene rings is 1. The molecule has 0 aromatic carbocycles. The topological polar surface area (TPSA) is 66.4 Å². The number of aliphatic carboxylic acids is 1. The molecule has 0 aliphatic rings. The molecule has 0 aliphatic heterocycles. The summed E-state index contributed by atoms with van der Waals surface area (Å²) in [6.07, 6.45) is -0.372. The molecule has 0 unspecified atom stereocenters. The predicted molar refractivity (Wildman–Crippen MR) is 66.0 cm³/mol. The molecule has 1 amide bonds. The quantitative estimate of drug-likeness (QED) is 0.847. The van der Waals surface area contributed by atoms with Crippen molar-refractivity contribution in [3.05, 3.63) is 22.4 Å². The second-order valence-corrected chi connectivity index (χ2v) is 5.49. The van der Waals surface area contributed by atoms with Crippen LogP contribution in [0.2, 0.25) is 0 Å². The lowest BCUT2D eigenvalue weighted by molar-refractivity contribution is -0.137. The van der Waals surface area contributed by atoms with Gasteiger partial charge in [0, 0.05) is 4.88 Å². The van der Waals surface area contributed by atoms with Crippen LogP contribution in [0.1, 0.15) is 17.3 Å². The molecule has 0 spiro atoms. The van der Waals surface area contributed by atoms with Crippen LogP contribution in [0.15, 0.2) is 17.5 Å². The third-order valence-electron chi connectivity index (χ3n) is 1.97. The lowest BCUT2D eigenvalue weighted by Crippen LogP contribution is -2.31. The van der Waals surface area contributed by atoms with Gasteiger partial charge in [0.05, 0.1) is 18.2 Å². The number of alkyl halides is 3. The molecule has 1 aromatic heterocycles. The van der Waals surface area contributed by atoms with Crippen molar-refractivity contribution in [1.82, 2.24) is 5.32 Å². The molecule has 1 aromatic rings. The highest BCUT2D eigenvalue weighted by molar-refractivity contribution is 8.00. The third kappa shape index (κ3) is 6.48. The average Bonchev–Trinajstić information content (AvgIpc) is 2.77. The minimum absolute atomic E-state index is 0.372. The standard InChI is InChI=1S/C10H10F3NO3S2/c11-10(12,13)19-5-8(15)14-6(4-9(16)17)7-2-1-3-18-7/h1-3,6H,4-5H2,(H,14,15)(H,16,17)/t6-/m0/s1. The molecule has 0 aliphatic carbocycles. The molecule has 19 heavy (non-hydrogen) atoms. The van der Waals surface area contributed by atoms with Gasteiger partial charge in [0.2, 0.25) is 5.91 Å². The van der Waals surface area contributed by atoms with Crippen molar-refractivity contribution < 1.29 is 27.9 Å². The van der Waals surface area contributed by atoms with Crippen molar-refractivity contribution in [1.29, 1.82) is 0 Å². The fourth-order valence-corrected chi connectivity index (χ4v) is 2.43. The fourth-order valence-electron chi connectivity index (χ4n) is 1.27. The highest BCUT2D eigenvalue weighted by atomic mass is 32.2. The van der Waals surface area contributed by atoms with E-state index in [2.05, 4.69) is 5.32 Å². The molecule has 2 N–H and O–H groups in total. The number of carboxylic acids is 1. The normalized spacial score (nSPS) is 13.0. The molecule has 0 fully saturated rings. The predicted octanol–water partition coefficient (Wildman–Crippen LogP) is 2.63. The largest absolute Gasteiger partial charge is 0.481 e. The van der Waals surface area contributed by atoms with Gasteiger partial charge in [-0.2, -0.15) is 13.2 Å². The van der Waals surface area contributed by atoms with E-state index >= 15 is 0 Å². The summed E-state index contributed by atoms with van der Waals surface area (Å²) in [5, 5.41) is 12.7. The molecule has 9 heteroatoms. The Morgan fingerprint density at radius 3 is 2.63 bits per heavy atom. The Morgan fingerprint density at radius 1 is 1.47 bits per heavy atom. The van der Waals surface area contributed by atoms with Crippen molar-refractivity contribution in [2.45, 2.75) is 18.0 Å². The number of thioether (sulfide) groups is 1. The fraction of sp³-hybridized carbons (Fsp3) is 0.400. The number of carbonyl (C=O) groups is 2. The van der Waals surface area contributed by atoms with Gasteiger partial charge in [0.1, 0.15) is 0 Å². The average molecular weight is 313 g/mol. The second kappa shape index (κ2) is 6.80. The maximum Gasteiger partial charge on any atom is 0.442 e. The number of hydrogen-bond donors (Lipinski definition) is 2. The van der Waals surface area contributed by atoms with E-state index in [1.807, 2.05) is 0 Å². The lowest BCUT2D eigenvalue weighted by Gasteiger charge is -2.15. The zero-order valence-electron chi connectivity index (χ0n) is 9.44. The second-order valence-electron chi connectivity index (χ2n) is 3.47. The van der Waals surface area contributed by atoms with Crippen LogP contribution in [0.3, 0.4) is 0 Å². The van der Waals surface area contributed by atoms with Crippen LogP contribution in [0.25, 0.3) is 0 Å². The number of carbonyl (C=O) groups excluding carboxylic acids is 1. The first-order valence-corrected chi connectivity index (χ1v) is 6.89. The van der Waals surface area contributed by atoms with Crippen LogP contribution in [-0.4, -0.2) is 28.2 Å². The minimum atomic E-state index is -4.48. The van der Waals surface area contributed by atoms with Crippen LogP contribution in [0.4, 0.5) is 13.2 Å². The number of nitrogens with one attached hydrogen (secondary N) is 1. The Labute approximate surface area is 115 Å². The van der Waals surface area contributed by atoms with Gasteiger partial charge in [0.25, 0.3) is 0 Å². The van der Waals surface area contributed by atoms with Crippen LogP contribution in [0, 0.1) is 0 Å². The summed E-state index contributed by atoms with van der Waals surface area (Å²) in [5.74, 6) is -2.77. The van der Waals surface area contributed by atoms with Crippen molar-refractivity contribution in [2.75, 3.05) is 5.75 Å². The number of rotatable bonds is 6. The van der Waals surface area contributed by atoms with Crippen molar-refractivity contribution in [2.24, 2.45) is 0 Å². The zero-order chi connectivity index (χ0) is 14.5. The Kier molecular flexibility index (Phi) is 5.67. The molecule has 0 radical (unpaired) electrons. The maximum absolute atomic E-state index is 11.9. The van der Waals surface area contributed by atoms with E-state index in [9.17, 15) is 22.8 Å². The first-order chi connectivity index (χ1) is 8.78. The third-order valence-corrected chi connectivity index (χ3v) is 3.69. The first-order valence-electron chi connectivity index (χ1n) is 5.03. The van der Waals surface area contributed by atoms with Crippen molar-refractivity contribution >= 4 is 35.0 Å². The molecule has 1 rings (SSSR count). The van der Waals surface area contributed by atoms with Gasteiger partial charge in [-0.25, -0.2) is 0 Å². The van der Waals surface area contributed by atoms with Gasteiger partial charge in [-0.15, -0.1) is 11.3 Å². The highest BCUT2D eigenvalue weighted by Gasteiger charge is 2.30. The smallest absolute Gasteiger partial charge is 0.442 e. The maximum atomic E-state index is 11.9. The van der Waals surface area contributed by atoms with E-state index in [4.69, 9.17) is 5.11 Å². The molecule has 4 nitrogen and oxygen atoms in total. The van der Waals surface area contributed by atoms with E-state index in [-0.39, 0.29) is 6.42 Å². The molecular formula is C10H10F3NO3S2. The number of amides is 1. The van der Waals surface area contributed by atoms with E-state index in [1.54, 1.807) is 17.5 Å². The van der Waals surface area contributed by atoms with E-state index < -0.39 is 40.9 Å². The zero-order valence-corrected chi connectivity index (χ0v) is 11.1. The summed E-state index contributed by atoms with van der Waals surface area (Å²) in [5.41, 5.74) is -4.48.